The quantitative estimate of drug-likeness (QED) is 0.590. The van der Waals surface area contributed by atoms with Crippen LogP contribution >= 0.6 is 11.3 Å². The summed E-state index contributed by atoms with van der Waals surface area (Å²) in [5, 5.41) is 0. The van der Waals surface area contributed by atoms with Gasteiger partial charge in [-0.2, -0.15) is 0 Å². The molecule has 2 aromatic carbocycles. The van der Waals surface area contributed by atoms with Crippen molar-refractivity contribution >= 4 is 27.1 Å². The van der Waals surface area contributed by atoms with E-state index in [1.165, 1.54) is 18.4 Å². The number of ether oxygens (including phenoxy) is 1. The lowest BCUT2D eigenvalue weighted by atomic mass is 10.1. The Hall–Kier alpha value is -2.48. The van der Waals surface area contributed by atoms with Crippen LogP contribution in [0.4, 0.5) is 0 Å². The third kappa shape index (κ3) is 4.32. The molecule has 0 aliphatic carbocycles. The summed E-state index contributed by atoms with van der Waals surface area (Å²) in [6.45, 7) is 3.86. The van der Waals surface area contributed by atoms with E-state index in [-0.39, 0.29) is 17.2 Å². The van der Waals surface area contributed by atoms with Crippen molar-refractivity contribution in [1.82, 2.24) is 4.72 Å². The summed E-state index contributed by atoms with van der Waals surface area (Å²) in [4.78, 5) is 13.9. The van der Waals surface area contributed by atoms with Gasteiger partial charge < -0.3 is 4.74 Å². The number of thiophene rings is 1. The van der Waals surface area contributed by atoms with Crippen LogP contribution in [0, 0.1) is 13.8 Å². The van der Waals surface area contributed by atoms with Gasteiger partial charge in [-0.3, -0.25) is 4.79 Å². The number of rotatable bonds is 7. The van der Waals surface area contributed by atoms with E-state index in [0.717, 1.165) is 16.0 Å². The Morgan fingerprint density at radius 3 is 2.39 bits per heavy atom. The number of carbonyl (C=O) groups is 1. The first-order valence-electron chi connectivity index (χ1n) is 8.65. The molecular weight excluding hydrogens is 394 g/mol. The maximum absolute atomic E-state index is 12.8. The second kappa shape index (κ2) is 8.26. The number of hydrogen-bond donors (Lipinski definition) is 1. The van der Waals surface area contributed by atoms with Crippen LogP contribution in [0.1, 0.15) is 31.2 Å². The molecule has 0 spiro atoms. The van der Waals surface area contributed by atoms with E-state index in [1.807, 2.05) is 32.0 Å². The summed E-state index contributed by atoms with van der Waals surface area (Å²) in [6, 6.07) is 15.8. The van der Waals surface area contributed by atoms with Crippen molar-refractivity contribution in [3.63, 3.8) is 0 Å². The predicted octanol–water partition coefficient (Wildman–Crippen LogP) is 4.08. The molecule has 1 N–H and O–H groups in total. The van der Waals surface area contributed by atoms with Gasteiger partial charge in [0.1, 0.15) is 10.6 Å². The molecule has 5 nitrogen and oxygen atoms in total. The number of carbonyl (C=O) groups excluding carboxylic acids is 1. The molecule has 7 heteroatoms. The molecule has 0 atom stereocenters. The summed E-state index contributed by atoms with van der Waals surface area (Å²) < 4.78 is 33.4. The highest BCUT2D eigenvalue weighted by atomic mass is 32.2. The SMILES string of the molecule is COc1cc(C)c(C)cc1S(=O)(=O)NCc1ccc(C(=O)c2ccccc2)s1. The van der Waals surface area contributed by atoms with Gasteiger partial charge in [-0.1, -0.05) is 30.3 Å². The lowest BCUT2D eigenvalue weighted by Crippen LogP contribution is -2.23. The van der Waals surface area contributed by atoms with E-state index in [9.17, 15) is 13.2 Å². The highest BCUT2D eigenvalue weighted by Gasteiger charge is 2.21. The normalized spacial score (nSPS) is 11.4. The van der Waals surface area contributed by atoms with E-state index in [0.29, 0.717) is 16.2 Å². The number of nitrogens with one attached hydrogen (secondary N) is 1. The van der Waals surface area contributed by atoms with Crippen LogP contribution in [-0.4, -0.2) is 21.3 Å². The highest BCUT2D eigenvalue weighted by molar-refractivity contribution is 7.89. The third-order valence-corrected chi connectivity index (χ3v) is 6.93. The van der Waals surface area contributed by atoms with Gasteiger partial charge in [0.15, 0.2) is 0 Å². The highest BCUT2D eigenvalue weighted by Crippen LogP contribution is 2.28. The van der Waals surface area contributed by atoms with Gasteiger partial charge in [-0.25, -0.2) is 13.1 Å². The zero-order chi connectivity index (χ0) is 20.3. The van der Waals surface area contributed by atoms with E-state index >= 15 is 0 Å². The maximum Gasteiger partial charge on any atom is 0.244 e. The number of methoxy groups -OCH3 is 1. The van der Waals surface area contributed by atoms with Gasteiger partial charge in [-0.05, 0) is 49.2 Å². The first-order chi connectivity index (χ1) is 13.3. The Bertz CT molecular complexity index is 1100. The lowest BCUT2D eigenvalue weighted by Gasteiger charge is -2.13. The lowest BCUT2D eigenvalue weighted by molar-refractivity contribution is 0.104. The van der Waals surface area contributed by atoms with Crippen molar-refractivity contribution in [3.8, 4) is 5.75 Å². The number of ketones is 1. The largest absolute Gasteiger partial charge is 0.495 e. The molecule has 0 unspecified atom stereocenters. The Kier molecular flexibility index (Phi) is 5.98. The van der Waals surface area contributed by atoms with Crippen LogP contribution in [0.2, 0.25) is 0 Å². The van der Waals surface area contributed by atoms with Crippen LogP contribution in [0.5, 0.6) is 5.75 Å². The summed E-state index contributed by atoms with van der Waals surface area (Å²) in [5.74, 6) is 0.234. The monoisotopic (exact) mass is 415 g/mol. The van der Waals surface area contributed by atoms with Gasteiger partial charge in [0.2, 0.25) is 15.8 Å². The van der Waals surface area contributed by atoms with Gasteiger partial charge >= 0.3 is 0 Å². The van der Waals surface area contributed by atoms with Crippen LogP contribution in [0.25, 0.3) is 0 Å². The van der Waals surface area contributed by atoms with Crippen LogP contribution in [0.3, 0.4) is 0 Å². The van der Waals surface area contributed by atoms with E-state index in [1.54, 1.807) is 36.4 Å². The Balaban J connectivity index is 1.77. The Morgan fingerprint density at radius 1 is 1.04 bits per heavy atom. The minimum absolute atomic E-state index is 0.0736. The summed E-state index contributed by atoms with van der Waals surface area (Å²) in [5.41, 5.74) is 2.43. The molecule has 0 aliphatic rings. The molecule has 0 fully saturated rings. The van der Waals surface area contributed by atoms with Gasteiger partial charge in [0.05, 0.1) is 12.0 Å². The minimum Gasteiger partial charge on any atom is -0.495 e. The Labute approximate surface area is 169 Å². The fourth-order valence-corrected chi connectivity index (χ4v) is 4.94. The molecule has 146 valence electrons. The molecule has 0 saturated carbocycles. The van der Waals surface area contributed by atoms with Crippen molar-refractivity contribution in [1.29, 1.82) is 0 Å². The molecule has 1 aromatic heterocycles. The zero-order valence-corrected chi connectivity index (χ0v) is 17.5. The molecule has 0 bridgehead atoms. The average molecular weight is 416 g/mol. The van der Waals surface area contributed by atoms with Gasteiger partial charge in [0.25, 0.3) is 0 Å². The van der Waals surface area contributed by atoms with Gasteiger partial charge in [-0.15, -0.1) is 11.3 Å². The molecule has 0 saturated heterocycles. The molecule has 3 aromatic rings. The molecular formula is C21H21NO4S2. The first kappa shape index (κ1) is 20.3. The fraction of sp³-hybridized carbons (Fsp3) is 0.190. The van der Waals surface area contributed by atoms with Crippen LogP contribution < -0.4 is 9.46 Å². The van der Waals surface area contributed by atoms with Crippen molar-refractivity contribution in [2.75, 3.05) is 7.11 Å². The Morgan fingerprint density at radius 2 is 1.71 bits per heavy atom. The van der Waals surface area contributed by atoms with Crippen molar-refractivity contribution in [2.24, 2.45) is 0 Å². The minimum atomic E-state index is -3.76. The standard InChI is InChI=1S/C21H21NO4S2/c1-14-11-18(26-3)20(12-15(14)2)28(24,25)22-13-17-9-10-19(27-17)21(23)16-7-5-4-6-8-16/h4-12,22H,13H2,1-3H3. The smallest absolute Gasteiger partial charge is 0.244 e. The summed E-state index contributed by atoms with van der Waals surface area (Å²) in [7, 11) is -2.31. The van der Waals surface area contributed by atoms with Crippen LogP contribution in [-0.2, 0) is 16.6 Å². The zero-order valence-electron chi connectivity index (χ0n) is 15.9. The molecule has 0 amide bonds. The van der Waals surface area contributed by atoms with E-state index in [2.05, 4.69) is 4.72 Å². The van der Waals surface area contributed by atoms with E-state index < -0.39 is 10.0 Å². The number of benzene rings is 2. The summed E-state index contributed by atoms with van der Waals surface area (Å²) in [6.07, 6.45) is 0. The number of hydrogen-bond acceptors (Lipinski definition) is 5. The first-order valence-corrected chi connectivity index (χ1v) is 10.9. The van der Waals surface area contributed by atoms with Crippen molar-refractivity contribution < 1.29 is 17.9 Å². The van der Waals surface area contributed by atoms with Crippen molar-refractivity contribution in [2.45, 2.75) is 25.3 Å². The molecule has 3 rings (SSSR count). The fourth-order valence-electron chi connectivity index (χ4n) is 2.70. The van der Waals surface area contributed by atoms with Crippen LogP contribution in [0.15, 0.2) is 59.5 Å². The summed E-state index contributed by atoms with van der Waals surface area (Å²) >= 11 is 1.28. The molecule has 0 radical (unpaired) electrons. The predicted molar refractivity (Wildman–Crippen MR) is 111 cm³/mol. The van der Waals surface area contributed by atoms with Crippen molar-refractivity contribution in [3.05, 3.63) is 81.0 Å². The molecule has 1 heterocycles. The average Bonchev–Trinajstić information content (AvgIpc) is 3.17. The topological polar surface area (TPSA) is 72.5 Å². The number of sulfonamides is 1. The number of aryl methyl sites for hydroxylation is 2. The van der Waals surface area contributed by atoms with Gasteiger partial charge in [0, 0.05) is 17.0 Å². The second-order valence-electron chi connectivity index (χ2n) is 6.37. The van der Waals surface area contributed by atoms with E-state index in [4.69, 9.17) is 4.74 Å². The third-order valence-electron chi connectivity index (χ3n) is 4.43. The second-order valence-corrected chi connectivity index (χ2v) is 9.28. The molecule has 0 aliphatic heterocycles. The molecule has 28 heavy (non-hydrogen) atoms. The maximum atomic E-state index is 12.8.